The van der Waals surface area contributed by atoms with Crippen molar-refractivity contribution in [2.24, 2.45) is 5.92 Å². The predicted molar refractivity (Wildman–Crippen MR) is 147 cm³/mol. The van der Waals surface area contributed by atoms with Crippen LogP contribution in [0.4, 0.5) is 11.8 Å². The molecular weight excluding hydrogens is 430 g/mol. The Morgan fingerprint density at radius 2 is 1.40 bits per heavy atom. The van der Waals surface area contributed by atoms with E-state index in [1.165, 1.54) is 16.7 Å². The minimum atomic E-state index is 0.551. The van der Waals surface area contributed by atoms with Crippen LogP contribution in [0.3, 0.4) is 0 Å². The maximum absolute atomic E-state index is 5.27. The molecule has 5 rings (SSSR count). The van der Waals surface area contributed by atoms with Gasteiger partial charge in [-0.1, -0.05) is 86.6 Å². The molecule has 1 N–H and O–H groups in total. The summed E-state index contributed by atoms with van der Waals surface area (Å²) in [5.74, 6) is 2.33. The number of nitrogens with one attached hydrogen (secondary N) is 1. The summed E-state index contributed by atoms with van der Waals surface area (Å²) >= 11 is 0. The number of aromatic nitrogens is 3. The van der Waals surface area contributed by atoms with Crippen LogP contribution < -0.4 is 9.80 Å². The summed E-state index contributed by atoms with van der Waals surface area (Å²) in [6, 6.07) is 27.7. The van der Waals surface area contributed by atoms with E-state index in [4.69, 9.17) is 9.97 Å². The van der Waals surface area contributed by atoms with Gasteiger partial charge in [0, 0.05) is 32.6 Å². The molecule has 0 saturated heterocycles. The average Bonchev–Trinajstić information content (AvgIpc) is 3.30. The van der Waals surface area contributed by atoms with E-state index in [9.17, 15) is 0 Å². The molecule has 5 heteroatoms. The minimum absolute atomic E-state index is 0.551. The Labute approximate surface area is 207 Å². The molecule has 3 aromatic carbocycles. The number of anilines is 2. The van der Waals surface area contributed by atoms with E-state index in [-0.39, 0.29) is 0 Å². The van der Waals surface area contributed by atoms with Crippen LogP contribution >= 0.6 is 0 Å². The summed E-state index contributed by atoms with van der Waals surface area (Å²) in [6.07, 6.45) is 0.995. The molecule has 0 fully saturated rings. The van der Waals surface area contributed by atoms with E-state index < -0.39 is 0 Å². The van der Waals surface area contributed by atoms with Gasteiger partial charge in [0.15, 0.2) is 5.82 Å². The number of aromatic amines is 1. The lowest BCUT2D eigenvalue weighted by Gasteiger charge is -2.25. The van der Waals surface area contributed by atoms with E-state index in [1.54, 1.807) is 0 Å². The second-order valence-electron chi connectivity index (χ2n) is 9.85. The Kier molecular flexibility index (Phi) is 6.41. The topological polar surface area (TPSA) is 48.1 Å². The molecule has 0 unspecified atom stereocenters. The van der Waals surface area contributed by atoms with Gasteiger partial charge in [-0.05, 0) is 35.1 Å². The predicted octanol–water partition coefficient (Wildman–Crippen LogP) is 6.58. The van der Waals surface area contributed by atoms with Crippen LogP contribution in [-0.2, 0) is 19.5 Å². The van der Waals surface area contributed by atoms with Crippen molar-refractivity contribution in [1.29, 1.82) is 0 Å². The average molecular weight is 464 g/mol. The Morgan fingerprint density at radius 3 is 1.97 bits per heavy atom. The summed E-state index contributed by atoms with van der Waals surface area (Å²) in [4.78, 5) is 18.3. The smallest absolute Gasteiger partial charge is 0.203 e. The molecule has 35 heavy (non-hydrogen) atoms. The third-order valence-corrected chi connectivity index (χ3v) is 6.29. The second-order valence-corrected chi connectivity index (χ2v) is 9.85. The number of pyridine rings is 1. The molecule has 0 radical (unpaired) electrons. The molecule has 0 aliphatic carbocycles. The fourth-order valence-corrected chi connectivity index (χ4v) is 4.69. The maximum Gasteiger partial charge on any atom is 0.203 e. The van der Waals surface area contributed by atoms with E-state index in [0.717, 1.165) is 53.2 Å². The molecule has 0 saturated carbocycles. The highest BCUT2D eigenvalue weighted by molar-refractivity contribution is 6.09. The van der Waals surface area contributed by atoms with Gasteiger partial charge >= 0.3 is 0 Å². The molecule has 0 aliphatic heterocycles. The second kappa shape index (κ2) is 9.79. The molecule has 2 heterocycles. The first-order valence-electron chi connectivity index (χ1n) is 12.3. The van der Waals surface area contributed by atoms with Crippen molar-refractivity contribution in [2.45, 2.75) is 33.4 Å². The first kappa shape index (κ1) is 22.9. The molecule has 178 valence electrons. The molecular formula is C30H33N5. The van der Waals surface area contributed by atoms with Crippen molar-refractivity contribution >= 4 is 33.7 Å². The highest BCUT2D eigenvalue weighted by atomic mass is 15.2. The molecule has 0 spiro atoms. The number of H-pyrrole nitrogens is 1. The fourth-order valence-electron chi connectivity index (χ4n) is 4.69. The van der Waals surface area contributed by atoms with Crippen LogP contribution in [0.2, 0.25) is 0 Å². The lowest BCUT2D eigenvalue weighted by molar-refractivity contribution is 0.650. The van der Waals surface area contributed by atoms with Crippen LogP contribution in [-0.4, -0.2) is 29.0 Å². The van der Waals surface area contributed by atoms with Gasteiger partial charge in [-0.3, -0.25) is 0 Å². The van der Waals surface area contributed by atoms with Gasteiger partial charge < -0.3 is 14.8 Å². The van der Waals surface area contributed by atoms with Gasteiger partial charge in [-0.2, -0.15) is 0 Å². The summed E-state index contributed by atoms with van der Waals surface area (Å²) < 4.78 is 0. The number of hydrogen-bond donors (Lipinski definition) is 1. The first-order chi connectivity index (χ1) is 17.0. The third kappa shape index (κ3) is 4.85. The number of nitrogens with zero attached hydrogens (tertiary/aromatic N) is 4. The number of rotatable bonds is 8. The van der Waals surface area contributed by atoms with Crippen LogP contribution in [0.15, 0.2) is 78.9 Å². The molecule has 5 aromatic rings. The largest absolute Gasteiger partial charge is 0.349 e. The van der Waals surface area contributed by atoms with Gasteiger partial charge in [0.25, 0.3) is 0 Å². The fraction of sp³-hybridized carbons (Fsp3) is 0.267. The Morgan fingerprint density at radius 1 is 0.771 bits per heavy atom. The van der Waals surface area contributed by atoms with Crippen LogP contribution in [0.5, 0.6) is 0 Å². The van der Waals surface area contributed by atoms with Gasteiger partial charge in [-0.15, -0.1) is 0 Å². The van der Waals surface area contributed by atoms with E-state index in [0.29, 0.717) is 5.92 Å². The zero-order valence-electron chi connectivity index (χ0n) is 21.0. The van der Waals surface area contributed by atoms with E-state index in [1.807, 2.05) is 19.0 Å². The van der Waals surface area contributed by atoms with Crippen molar-refractivity contribution in [3.63, 3.8) is 0 Å². The quantitative estimate of drug-likeness (QED) is 0.282. The van der Waals surface area contributed by atoms with Crippen LogP contribution in [0.25, 0.3) is 21.9 Å². The standard InChI is InChI=1S/C30H33N5/c1-21(2)18-24-16-11-17-25-26(24)27-28(33-30(32-27)34(3)4)29(31-25)35(19-22-12-7-5-8-13-22)20-23-14-9-6-10-15-23/h5-17,21H,18-20H2,1-4H3,(H,32,33). The van der Waals surface area contributed by atoms with Gasteiger partial charge in [0.2, 0.25) is 5.95 Å². The summed E-state index contributed by atoms with van der Waals surface area (Å²) in [7, 11) is 4.04. The van der Waals surface area contributed by atoms with Crippen molar-refractivity contribution < 1.29 is 0 Å². The number of fused-ring (bicyclic) bond motifs is 3. The molecule has 0 aliphatic rings. The summed E-state index contributed by atoms with van der Waals surface area (Å²) in [5, 5.41) is 1.16. The van der Waals surface area contributed by atoms with Gasteiger partial charge in [0.1, 0.15) is 11.0 Å². The van der Waals surface area contributed by atoms with Gasteiger partial charge in [-0.25, -0.2) is 9.97 Å². The van der Waals surface area contributed by atoms with Gasteiger partial charge in [0.05, 0.1) is 5.52 Å². The molecule has 0 bridgehead atoms. The minimum Gasteiger partial charge on any atom is -0.349 e. The first-order valence-corrected chi connectivity index (χ1v) is 12.3. The summed E-state index contributed by atoms with van der Waals surface area (Å²) in [6.45, 7) is 6.03. The Bertz CT molecular complexity index is 1380. The van der Waals surface area contributed by atoms with Crippen molar-refractivity contribution in [3.8, 4) is 0 Å². The SMILES string of the molecule is CC(C)Cc1cccc2nc(N(Cc3ccccc3)Cc3ccccc3)c3[nH]c(N(C)C)nc3c12. The molecule has 2 aromatic heterocycles. The van der Waals surface area contributed by atoms with Crippen molar-refractivity contribution in [3.05, 3.63) is 95.6 Å². The lowest BCUT2D eigenvalue weighted by atomic mass is 9.98. The Balaban J connectivity index is 1.73. The number of benzene rings is 3. The van der Waals surface area contributed by atoms with Crippen molar-refractivity contribution in [1.82, 2.24) is 15.0 Å². The molecule has 5 nitrogen and oxygen atoms in total. The normalized spacial score (nSPS) is 11.5. The molecule has 0 amide bonds. The third-order valence-electron chi connectivity index (χ3n) is 6.29. The molecule has 0 atom stereocenters. The zero-order valence-corrected chi connectivity index (χ0v) is 21.0. The lowest BCUT2D eigenvalue weighted by Crippen LogP contribution is -2.23. The zero-order chi connectivity index (χ0) is 24.4. The van der Waals surface area contributed by atoms with E-state index >= 15 is 0 Å². The highest BCUT2D eigenvalue weighted by Gasteiger charge is 2.21. The van der Waals surface area contributed by atoms with Crippen molar-refractivity contribution in [2.75, 3.05) is 23.9 Å². The van der Waals surface area contributed by atoms with Crippen LogP contribution in [0.1, 0.15) is 30.5 Å². The summed E-state index contributed by atoms with van der Waals surface area (Å²) in [5.41, 5.74) is 6.78. The highest BCUT2D eigenvalue weighted by Crippen LogP contribution is 2.35. The number of imidazole rings is 1. The number of hydrogen-bond acceptors (Lipinski definition) is 4. The monoisotopic (exact) mass is 463 g/mol. The maximum atomic E-state index is 5.27. The van der Waals surface area contributed by atoms with Crippen LogP contribution in [0, 0.1) is 5.92 Å². The Hall–Kier alpha value is -3.86. The van der Waals surface area contributed by atoms with E-state index in [2.05, 4.69) is 103 Å².